The molecule has 6 heteroatoms. The normalized spacial score (nSPS) is 12.5. The van der Waals surface area contributed by atoms with Crippen LogP contribution in [0.25, 0.3) is 0 Å². The van der Waals surface area contributed by atoms with Crippen LogP contribution in [0.4, 0.5) is 0 Å². The van der Waals surface area contributed by atoms with E-state index in [9.17, 15) is 8.42 Å². The second-order valence-corrected chi connectivity index (χ2v) is 7.83. The Hall–Kier alpha value is -1.56. The average molecular weight is 325 g/mol. The zero-order chi connectivity index (χ0) is 16.8. The van der Waals surface area contributed by atoms with Crippen LogP contribution in [0.15, 0.2) is 28.1 Å². The third-order valence-electron chi connectivity index (χ3n) is 3.08. The van der Waals surface area contributed by atoms with Crippen molar-refractivity contribution >= 4 is 15.8 Å². The molecule has 5 nitrogen and oxygen atoms in total. The molecule has 0 spiro atoms. The quantitative estimate of drug-likeness (QED) is 0.621. The predicted octanol–water partition coefficient (Wildman–Crippen LogP) is 2.11. The Labute approximate surface area is 134 Å². The number of guanidine groups is 1. The Morgan fingerprint density at radius 2 is 1.95 bits per heavy atom. The summed E-state index contributed by atoms with van der Waals surface area (Å²) in [7, 11) is -3.17. The van der Waals surface area contributed by atoms with Crippen molar-refractivity contribution in [2.45, 2.75) is 39.1 Å². The summed E-state index contributed by atoms with van der Waals surface area (Å²) < 4.78 is 23.2. The van der Waals surface area contributed by atoms with Gasteiger partial charge in [-0.05, 0) is 37.0 Å². The monoisotopic (exact) mass is 325 g/mol. The highest BCUT2D eigenvalue weighted by atomic mass is 32.2. The molecule has 0 atom stereocenters. The van der Waals surface area contributed by atoms with E-state index in [0.29, 0.717) is 17.4 Å². The fraction of sp³-hybridized carbons (Fsp3) is 0.562. The number of nitrogens with one attached hydrogen (secondary N) is 2. The van der Waals surface area contributed by atoms with E-state index in [-0.39, 0.29) is 0 Å². The van der Waals surface area contributed by atoms with E-state index >= 15 is 0 Å². The molecular weight excluding hydrogens is 298 g/mol. The molecule has 2 N–H and O–H groups in total. The van der Waals surface area contributed by atoms with E-state index in [1.54, 1.807) is 6.07 Å². The SMILES string of the molecule is CCNC(=NCc1ccc(S(C)(=O)=O)c(C)c1)NCC(C)C. The van der Waals surface area contributed by atoms with Crippen molar-refractivity contribution in [1.29, 1.82) is 0 Å². The van der Waals surface area contributed by atoms with Gasteiger partial charge in [0.05, 0.1) is 11.4 Å². The molecule has 1 rings (SSSR count). The molecule has 0 aliphatic rings. The number of hydrogen-bond acceptors (Lipinski definition) is 3. The molecule has 0 bridgehead atoms. The molecule has 0 unspecified atom stereocenters. The number of aryl methyl sites for hydroxylation is 1. The Morgan fingerprint density at radius 3 is 2.45 bits per heavy atom. The minimum absolute atomic E-state index is 0.380. The van der Waals surface area contributed by atoms with Gasteiger partial charge in [0.1, 0.15) is 0 Å². The van der Waals surface area contributed by atoms with Crippen LogP contribution in [0.1, 0.15) is 31.9 Å². The van der Waals surface area contributed by atoms with Crippen LogP contribution in [-0.4, -0.2) is 33.7 Å². The van der Waals surface area contributed by atoms with Crippen molar-refractivity contribution < 1.29 is 8.42 Å². The summed E-state index contributed by atoms with van der Waals surface area (Å²) in [6.07, 6.45) is 1.23. The first-order valence-corrected chi connectivity index (χ1v) is 9.45. The lowest BCUT2D eigenvalue weighted by Crippen LogP contribution is -2.39. The van der Waals surface area contributed by atoms with E-state index in [2.05, 4.69) is 29.5 Å². The van der Waals surface area contributed by atoms with Crippen LogP contribution in [0.2, 0.25) is 0 Å². The van der Waals surface area contributed by atoms with E-state index < -0.39 is 9.84 Å². The maximum absolute atomic E-state index is 11.6. The molecule has 0 radical (unpaired) electrons. The molecule has 124 valence electrons. The number of sulfone groups is 1. The van der Waals surface area contributed by atoms with Gasteiger partial charge in [0.15, 0.2) is 15.8 Å². The van der Waals surface area contributed by atoms with Crippen molar-refractivity contribution in [3.8, 4) is 0 Å². The van der Waals surface area contributed by atoms with Gasteiger partial charge in [0, 0.05) is 19.3 Å². The van der Waals surface area contributed by atoms with Gasteiger partial charge in [-0.3, -0.25) is 0 Å². The second-order valence-electron chi connectivity index (χ2n) is 5.84. The van der Waals surface area contributed by atoms with Crippen molar-refractivity contribution in [3.63, 3.8) is 0 Å². The van der Waals surface area contributed by atoms with Gasteiger partial charge < -0.3 is 10.6 Å². The zero-order valence-corrected chi connectivity index (χ0v) is 14.9. The molecule has 0 saturated carbocycles. The molecule has 0 heterocycles. The van der Waals surface area contributed by atoms with Gasteiger partial charge in [-0.25, -0.2) is 13.4 Å². The molecule has 22 heavy (non-hydrogen) atoms. The molecule has 0 fully saturated rings. The van der Waals surface area contributed by atoms with Crippen LogP contribution >= 0.6 is 0 Å². The first kappa shape index (κ1) is 18.5. The molecule has 0 amide bonds. The fourth-order valence-corrected chi connectivity index (χ4v) is 3.00. The lowest BCUT2D eigenvalue weighted by atomic mass is 10.1. The maximum atomic E-state index is 11.6. The minimum atomic E-state index is -3.17. The first-order chi connectivity index (χ1) is 10.2. The Morgan fingerprint density at radius 1 is 1.27 bits per heavy atom. The fourth-order valence-electron chi connectivity index (χ4n) is 2.04. The molecule has 1 aromatic rings. The number of rotatable bonds is 6. The zero-order valence-electron chi connectivity index (χ0n) is 14.1. The first-order valence-electron chi connectivity index (χ1n) is 7.55. The summed E-state index contributed by atoms with van der Waals surface area (Å²) in [4.78, 5) is 4.91. The third-order valence-corrected chi connectivity index (χ3v) is 4.34. The smallest absolute Gasteiger partial charge is 0.191 e. The van der Waals surface area contributed by atoms with E-state index in [1.807, 2.05) is 26.0 Å². The van der Waals surface area contributed by atoms with Crippen molar-refractivity contribution in [1.82, 2.24) is 10.6 Å². The van der Waals surface area contributed by atoms with E-state index in [1.165, 1.54) is 6.26 Å². The largest absolute Gasteiger partial charge is 0.357 e. The van der Waals surface area contributed by atoms with Crippen molar-refractivity contribution in [3.05, 3.63) is 29.3 Å². The highest BCUT2D eigenvalue weighted by molar-refractivity contribution is 7.90. The summed E-state index contributed by atoms with van der Waals surface area (Å²) in [5.74, 6) is 1.32. The summed E-state index contributed by atoms with van der Waals surface area (Å²) in [6.45, 7) is 10.3. The summed E-state index contributed by atoms with van der Waals surface area (Å²) >= 11 is 0. The minimum Gasteiger partial charge on any atom is -0.357 e. The second kappa shape index (κ2) is 8.17. The van der Waals surface area contributed by atoms with Crippen LogP contribution in [0.5, 0.6) is 0 Å². The summed E-state index contributed by atoms with van der Waals surface area (Å²) in [6, 6.07) is 5.36. The van der Waals surface area contributed by atoms with Gasteiger partial charge in [0.2, 0.25) is 0 Å². The van der Waals surface area contributed by atoms with Crippen LogP contribution in [0, 0.1) is 12.8 Å². The Bertz CT molecular complexity index is 622. The topological polar surface area (TPSA) is 70.6 Å². The molecule has 1 aromatic carbocycles. The summed E-state index contributed by atoms with van der Waals surface area (Å²) in [5, 5.41) is 6.49. The predicted molar refractivity (Wildman–Crippen MR) is 91.9 cm³/mol. The van der Waals surface area contributed by atoms with Crippen molar-refractivity contribution in [2.24, 2.45) is 10.9 Å². The maximum Gasteiger partial charge on any atom is 0.191 e. The molecular formula is C16H27N3O2S. The van der Waals surface area contributed by atoms with Gasteiger partial charge >= 0.3 is 0 Å². The number of aliphatic imine (C=N–C) groups is 1. The average Bonchev–Trinajstić information content (AvgIpc) is 2.40. The van der Waals surface area contributed by atoms with E-state index in [4.69, 9.17) is 0 Å². The highest BCUT2D eigenvalue weighted by Crippen LogP contribution is 2.17. The van der Waals surface area contributed by atoms with Gasteiger partial charge in [0.25, 0.3) is 0 Å². The van der Waals surface area contributed by atoms with Crippen molar-refractivity contribution in [2.75, 3.05) is 19.3 Å². The molecule has 0 aromatic heterocycles. The lowest BCUT2D eigenvalue weighted by molar-refractivity contribution is 0.601. The third kappa shape index (κ3) is 6.05. The summed E-state index contributed by atoms with van der Waals surface area (Å²) in [5.41, 5.74) is 1.75. The Kier molecular flexibility index (Phi) is 6.87. The Balaban J connectivity index is 2.84. The van der Waals surface area contributed by atoms with Crippen LogP contribution < -0.4 is 10.6 Å². The number of benzene rings is 1. The molecule has 0 aliphatic heterocycles. The van der Waals surface area contributed by atoms with Gasteiger partial charge in [-0.15, -0.1) is 0 Å². The van der Waals surface area contributed by atoms with Crippen LogP contribution in [-0.2, 0) is 16.4 Å². The number of hydrogen-bond donors (Lipinski definition) is 2. The molecule has 0 saturated heterocycles. The van der Waals surface area contributed by atoms with E-state index in [0.717, 1.165) is 30.2 Å². The standard InChI is InChI=1S/C16H27N3O2S/c1-6-17-16(18-10-12(2)3)19-11-14-7-8-15(13(4)9-14)22(5,20)21/h7-9,12H,6,10-11H2,1-5H3,(H2,17,18,19). The number of nitrogens with zero attached hydrogens (tertiary/aromatic N) is 1. The van der Waals surface area contributed by atoms with Crippen LogP contribution in [0.3, 0.4) is 0 Å². The van der Waals surface area contributed by atoms with Gasteiger partial charge in [-0.2, -0.15) is 0 Å². The lowest BCUT2D eigenvalue weighted by Gasteiger charge is -2.13. The van der Waals surface area contributed by atoms with Gasteiger partial charge in [-0.1, -0.05) is 26.0 Å². The highest BCUT2D eigenvalue weighted by Gasteiger charge is 2.10. The molecule has 0 aliphatic carbocycles.